The Balaban J connectivity index is 2.27. The molecule has 1 aliphatic rings. The number of likely N-dealkylation sites (tertiary alicyclic amines) is 1. The van der Waals surface area contributed by atoms with E-state index in [1.54, 1.807) is 20.8 Å². The minimum absolute atomic E-state index is 0.0726. The lowest BCUT2D eigenvalue weighted by atomic mass is 9.83. The molecule has 6 nitrogen and oxygen atoms in total. The van der Waals surface area contributed by atoms with Crippen molar-refractivity contribution in [2.24, 2.45) is 5.73 Å². The van der Waals surface area contributed by atoms with Crippen LogP contribution in [-0.2, 0) is 9.53 Å². The zero-order valence-corrected chi connectivity index (χ0v) is 13.1. The molecule has 1 aliphatic heterocycles. The van der Waals surface area contributed by atoms with Crippen LogP contribution in [0.3, 0.4) is 0 Å². The number of aliphatic carboxylic acids is 1. The summed E-state index contributed by atoms with van der Waals surface area (Å²) in [6.45, 7) is 5.45. The quantitative estimate of drug-likeness (QED) is 0.869. The summed E-state index contributed by atoms with van der Waals surface area (Å²) >= 11 is 0. The standard InChI is InChI=1S/C16H22N2O4/c1-15(2,3)22-14(21)18-9-12(11-7-5-4-6-8-11)16(17,10-18)13(19)20/h4-8,12H,9-10,17H2,1-3H3,(H,19,20)/t12-,16+/m0/s1. The number of nitrogens with two attached hydrogens (primary N) is 1. The van der Waals surface area contributed by atoms with Gasteiger partial charge in [0, 0.05) is 12.5 Å². The summed E-state index contributed by atoms with van der Waals surface area (Å²) in [5, 5.41) is 9.53. The van der Waals surface area contributed by atoms with Gasteiger partial charge in [0.1, 0.15) is 11.1 Å². The summed E-state index contributed by atoms with van der Waals surface area (Å²) in [7, 11) is 0. The van der Waals surface area contributed by atoms with E-state index in [1.807, 2.05) is 30.3 Å². The van der Waals surface area contributed by atoms with Crippen molar-refractivity contribution >= 4 is 12.1 Å². The number of carboxylic acid groups (broad SMARTS) is 1. The minimum Gasteiger partial charge on any atom is -0.480 e. The maximum atomic E-state index is 12.2. The highest BCUT2D eigenvalue weighted by molar-refractivity contribution is 5.83. The zero-order chi connectivity index (χ0) is 16.5. The van der Waals surface area contributed by atoms with E-state index < -0.39 is 29.1 Å². The van der Waals surface area contributed by atoms with Crippen LogP contribution in [0.1, 0.15) is 32.3 Å². The molecule has 0 spiro atoms. The van der Waals surface area contributed by atoms with Crippen molar-refractivity contribution in [3.63, 3.8) is 0 Å². The third kappa shape index (κ3) is 3.22. The van der Waals surface area contributed by atoms with Crippen molar-refractivity contribution < 1.29 is 19.4 Å². The number of hydrogen-bond acceptors (Lipinski definition) is 4. The molecule has 1 heterocycles. The summed E-state index contributed by atoms with van der Waals surface area (Å²) in [5.74, 6) is -1.59. The molecule has 0 aliphatic carbocycles. The number of rotatable bonds is 2. The molecule has 1 fully saturated rings. The van der Waals surface area contributed by atoms with Gasteiger partial charge in [-0.2, -0.15) is 0 Å². The normalized spacial score (nSPS) is 25.1. The number of hydrogen-bond donors (Lipinski definition) is 2. The Morgan fingerprint density at radius 1 is 1.32 bits per heavy atom. The maximum Gasteiger partial charge on any atom is 0.410 e. The van der Waals surface area contributed by atoms with Gasteiger partial charge in [0.25, 0.3) is 0 Å². The molecule has 6 heteroatoms. The van der Waals surface area contributed by atoms with Gasteiger partial charge in [-0.1, -0.05) is 30.3 Å². The average Bonchev–Trinajstić information content (AvgIpc) is 2.77. The Morgan fingerprint density at radius 3 is 2.41 bits per heavy atom. The van der Waals surface area contributed by atoms with Gasteiger partial charge < -0.3 is 20.5 Å². The molecule has 1 saturated heterocycles. The van der Waals surface area contributed by atoms with Crippen molar-refractivity contribution in [3.05, 3.63) is 35.9 Å². The summed E-state index contributed by atoms with van der Waals surface area (Å²) in [6.07, 6.45) is -0.540. The second-order valence-electron chi connectivity index (χ2n) is 6.67. The highest BCUT2D eigenvalue weighted by atomic mass is 16.6. The molecule has 0 bridgehead atoms. The van der Waals surface area contributed by atoms with Crippen molar-refractivity contribution in [1.82, 2.24) is 4.90 Å². The van der Waals surface area contributed by atoms with Crippen LogP contribution in [0.5, 0.6) is 0 Å². The largest absolute Gasteiger partial charge is 0.480 e. The molecule has 0 aromatic heterocycles. The lowest BCUT2D eigenvalue weighted by molar-refractivity contribution is -0.143. The molecule has 2 rings (SSSR count). The second-order valence-corrected chi connectivity index (χ2v) is 6.67. The number of ether oxygens (including phenoxy) is 1. The molecule has 1 amide bonds. The van der Waals surface area contributed by atoms with E-state index in [2.05, 4.69) is 0 Å². The molecule has 1 aromatic rings. The van der Waals surface area contributed by atoms with Crippen molar-refractivity contribution in [1.29, 1.82) is 0 Å². The summed E-state index contributed by atoms with van der Waals surface area (Å²) in [6, 6.07) is 9.16. The number of benzene rings is 1. The molecular formula is C16H22N2O4. The van der Waals surface area contributed by atoms with Crippen molar-refractivity contribution in [3.8, 4) is 0 Å². The Bertz CT molecular complexity index is 567. The van der Waals surface area contributed by atoms with Gasteiger partial charge in [-0.15, -0.1) is 0 Å². The predicted molar refractivity (Wildman–Crippen MR) is 81.5 cm³/mol. The molecule has 3 N–H and O–H groups in total. The third-order valence-electron chi connectivity index (χ3n) is 3.73. The summed E-state index contributed by atoms with van der Waals surface area (Å²) in [4.78, 5) is 25.2. The van der Waals surface area contributed by atoms with Gasteiger partial charge in [0.15, 0.2) is 0 Å². The number of nitrogens with zero attached hydrogens (tertiary/aromatic N) is 1. The van der Waals surface area contributed by atoms with Gasteiger partial charge >= 0.3 is 12.1 Å². The van der Waals surface area contributed by atoms with Crippen LogP contribution >= 0.6 is 0 Å². The Labute approximate surface area is 129 Å². The van der Waals surface area contributed by atoms with Gasteiger partial charge in [-0.05, 0) is 26.3 Å². The fraction of sp³-hybridized carbons (Fsp3) is 0.500. The Morgan fingerprint density at radius 2 is 1.91 bits per heavy atom. The monoisotopic (exact) mass is 306 g/mol. The van der Waals surface area contributed by atoms with Crippen LogP contribution in [0.2, 0.25) is 0 Å². The molecule has 1 aromatic carbocycles. The van der Waals surface area contributed by atoms with Crippen LogP contribution in [0.15, 0.2) is 30.3 Å². The maximum absolute atomic E-state index is 12.2. The fourth-order valence-corrected chi connectivity index (χ4v) is 2.64. The first-order chi connectivity index (χ1) is 10.1. The van der Waals surface area contributed by atoms with E-state index in [0.717, 1.165) is 5.56 Å². The second kappa shape index (κ2) is 5.61. The topological polar surface area (TPSA) is 92.9 Å². The van der Waals surface area contributed by atoms with Crippen molar-refractivity contribution in [2.75, 3.05) is 13.1 Å². The SMILES string of the molecule is CC(C)(C)OC(=O)N1C[C@@H](c2ccccc2)[C@@](N)(C(=O)O)C1. The number of carboxylic acids is 1. The van der Waals surface area contributed by atoms with E-state index in [0.29, 0.717) is 0 Å². The number of carbonyl (C=O) groups is 2. The molecular weight excluding hydrogens is 284 g/mol. The molecule has 120 valence electrons. The van der Waals surface area contributed by atoms with Crippen LogP contribution in [0.25, 0.3) is 0 Å². The highest BCUT2D eigenvalue weighted by Gasteiger charge is 2.52. The molecule has 22 heavy (non-hydrogen) atoms. The first-order valence-electron chi connectivity index (χ1n) is 7.18. The summed E-state index contributed by atoms with van der Waals surface area (Å²) < 4.78 is 5.32. The fourth-order valence-electron chi connectivity index (χ4n) is 2.64. The molecule has 0 saturated carbocycles. The zero-order valence-electron chi connectivity index (χ0n) is 13.1. The van der Waals surface area contributed by atoms with E-state index in [4.69, 9.17) is 10.5 Å². The van der Waals surface area contributed by atoms with Crippen LogP contribution in [0.4, 0.5) is 4.79 Å². The predicted octanol–water partition coefficient (Wildman–Crippen LogP) is 1.80. The van der Waals surface area contributed by atoms with Crippen LogP contribution in [-0.4, -0.2) is 46.3 Å². The van der Waals surface area contributed by atoms with E-state index >= 15 is 0 Å². The average molecular weight is 306 g/mol. The van der Waals surface area contributed by atoms with Gasteiger partial charge in [-0.3, -0.25) is 4.79 Å². The molecule has 0 unspecified atom stereocenters. The minimum atomic E-state index is -1.52. The molecule has 2 atom stereocenters. The lowest BCUT2D eigenvalue weighted by Gasteiger charge is -2.26. The molecule has 0 radical (unpaired) electrons. The Kier molecular flexibility index (Phi) is 4.15. The van der Waals surface area contributed by atoms with E-state index in [-0.39, 0.29) is 13.1 Å². The lowest BCUT2D eigenvalue weighted by Crippen LogP contribution is -2.54. The van der Waals surface area contributed by atoms with E-state index in [9.17, 15) is 14.7 Å². The summed E-state index contributed by atoms with van der Waals surface area (Å²) in [5.41, 5.74) is 4.77. The van der Waals surface area contributed by atoms with Crippen molar-refractivity contribution in [2.45, 2.75) is 37.8 Å². The van der Waals surface area contributed by atoms with E-state index in [1.165, 1.54) is 4.90 Å². The van der Waals surface area contributed by atoms with Crippen LogP contribution in [0, 0.1) is 0 Å². The van der Waals surface area contributed by atoms with Gasteiger partial charge in [-0.25, -0.2) is 4.79 Å². The van der Waals surface area contributed by atoms with Gasteiger partial charge in [0.05, 0.1) is 6.54 Å². The van der Waals surface area contributed by atoms with Crippen LogP contribution < -0.4 is 5.73 Å². The number of amides is 1. The Hall–Kier alpha value is -2.08. The first kappa shape index (κ1) is 16.3. The first-order valence-corrected chi connectivity index (χ1v) is 7.18. The third-order valence-corrected chi connectivity index (χ3v) is 3.73. The van der Waals surface area contributed by atoms with Gasteiger partial charge in [0.2, 0.25) is 0 Å². The highest BCUT2D eigenvalue weighted by Crippen LogP contribution is 2.35. The number of carbonyl (C=O) groups excluding carboxylic acids is 1. The smallest absolute Gasteiger partial charge is 0.410 e.